The van der Waals surface area contributed by atoms with Gasteiger partial charge in [-0.05, 0) is 46.7 Å². The summed E-state index contributed by atoms with van der Waals surface area (Å²) >= 11 is 0. The van der Waals surface area contributed by atoms with E-state index >= 15 is 0 Å². The van der Waals surface area contributed by atoms with Crippen LogP contribution in [0, 0.1) is 0 Å². The van der Waals surface area contributed by atoms with Crippen LogP contribution in [0.3, 0.4) is 0 Å². The topological polar surface area (TPSA) is 112 Å². The number of hydrazone groups is 1. The third-order valence-electron chi connectivity index (χ3n) is 4.34. The summed E-state index contributed by atoms with van der Waals surface area (Å²) in [6.07, 6.45) is 1.57. The fraction of sp³-hybridized carbons (Fsp3) is 0.0476. The number of aromatic hydroxyl groups is 1. The smallest absolute Gasteiger partial charge is 0.279 e. The first-order valence-corrected chi connectivity index (χ1v) is 8.77. The molecule has 0 aliphatic rings. The number of hydrogen-bond donors (Lipinski definition) is 3. The van der Waals surface area contributed by atoms with Crippen molar-refractivity contribution in [2.45, 2.75) is 0 Å². The summed E-state index contributed by atoms with van der Waals surface area (Å²) < 4.78 is 5.10. The molecule has 0 aliphatic carbocycles. The van der Waals surface area contributed by atoms with Crippen LogP contribution < -0.4 is 15.7 Å². The first kappa shape index (κ1) is 18.2. The van der Waals surface area contributed by atoms with Gasteiger partial charge in [-0.2, -0.15) is 5.10 Å². The quantitative estimate of drug-likeness (QED) is 0.358. The number of aromatic amines is 1. The number of ether oxygens (including phenoxy) is 1. The normalized spacial score (nSPS) is 11.1. The van der Waals surface area contributed by atoms with Crippen molar-refractivity contribution in [1.82, 2.24) is 15.2 Å². The molecule has 4 aromatic rings. The Hall–Kier alpha value is -4.20. The third-order valence-corrected chi connectivity index (χ3v) is 4.34. The molecule has 1 heterocycles. The summed E-state index contributed by atoms with van der Waals surface area (Å²) in [5.74, 6) is 0.794. The standard InChI is InChI=1S/C21H17N5O3/c1-29-15-9-6-13(7-10-15)12-22-25-21-23-20(28)19(24-26-21)18-16-5-3-2-4-14(16)8-11-17(18)27/h2-12,27H,1H3,(H2,23,25,26,28)/b22-12+. The van der Waals surface area contributed by atoms with E-state index in [1.165, 1.54) is 6.07 Å². The Morgan fingerprint density at radius 3 is 2.62 bits per heavy atom. The highest BCUT2D eigenvalue weighted by Gasteiger charge is 2.15. The van der Waals surface area contributed by atoms with E-state index in [-0.39, 0.29) is 17.4 Å². The fourth-order valence-corrected chi connectivity index (χ4v) is 2.92. The summed E-state index contributed by atoms with van der Waals surface area (Å²) in [5, 5.41) is 23.9. The maximum absolute atomic E-state index is 12.6. The van der Waals surface area contributed by atoms with Gasteiger partial charge in [0.25, 0.3) is 5.56 Å². The Bertz CT molecular complexity index is 1250. The molecule has 0 amide bonds. The maximum Gasteiger partial charge on any atom is 0.279 e. The monoisotopic (exact) mass is 387 g/mol. The summed E-state index contributed by atoms with van der Waals surface area (Å²) in [6.45, 7) is 0. The summed E-state index contributed by atoms with van der Waals surface area (Å²) in [5.41, 5.74) is 3.36. The van der Waals surface area contributed by atoms with Crippen molar-refractivity contribution >= 4 is 22.9 Å². The fourth-order valence-electron chi connectivity index (χ4n) is 2.92. The number of benzene rings is 3. The Kier molecular flexibility index (Phi) is 4.90. The first-order chi connectivity index (χ1) is 14.2. The highest BCUT2D eigenvalue weighted by molar-refractivity contribution is 5.98. The molecule has 144 valence electrons. The van der Waals surface area contributed by atoms with Crippen molar-refractivity contribution < 1.29 is 9.84 Å². The zero-order valence-electron chi connectivity index (χ0n) is 15.5. The number of rotatable bonds is 5. The number of H-pyrrole nitrogens is 1. The molecule has 0 spiro atoms. The SMILES string of the molecule is COc1ccc(/C=N/Nc2nnc(-c3c(O)ccc4ccccc34)c(=O)[nH]2)cc1. The van der Waals surface area contributed by atoms with Crippen LogP contribution in [-0.4, -0.2) is 33.6 Å². The Labute approximate surface area is 165 Å². The number of phenols is 1. The Morgan fingerprint density at radius 2 is 1.86 bits per heavy atom. The summed E-state index contributed by atoms with van der Waals surface area (Å²) in [6, 6.07) is 18.0. The first-order valence-electron chi connectivity index (χ1n) is 8.77. The molecule has 0 fully saturated rings. The second-order valence-electron chi connectivity index (χ2n) is 6.18. The molecule has 0 radical (unpaired) electrons. The molecule has 4 rings (SSSR count). The number of nitrogens with one attached hydrogen (secondary N) is 2. The van der Waals surface area contributed by atoms with Gasteiger partial charge in [0.2, 0.25) is 5.95 Å². The maximum atomic E-state index is 12.6. The van der Waals surface area contributed by atoms with Gasteiger partial charge < -0.3 is 9.84 Å². The van der Waals surface area contributed by atoms with Crippen molar-refractivity contribution in [2.75, 3.05) is 12.5 Å². The molecule has 0 unspecified atom stereocenters. The molecule has 0 saturated heterocycles. The van der Waals surface area contributed by atoms with E-state index in [1.54, 1.807) is 19.4 Å². The third kappa shape index (κ3) is 3.77. The van der Waals surface area contributed by atoms with Crippen LogP contribution in [0.5, 0.6) is 11.5 Å². The average Bonchev–Trinajstić information content (AvgIpc) is 2.75. The van der Waals surface area contributed by atoms with E-state index in [0.717, 1.165) is 16.7 Å². The van der Waals surface area contributed by atoms with Gasteiger partial charge in [-0.15, -0.1) is 10.2 Å². The van der Waals surface area contributed by atoms with E-state index in [9.17, 15) is 9.90 Å². The second kappa shape index (κ2) is 7.81. The second-order valence-corrected chi connectivity index (χ2v) is 6.18. The van der Waals surface area contributed by atoms with Crippen LogP contribution >= 0.6 is 0 Å². The lowest BCUT2D eigenvalue weighted by Gasteiger charge is -2.08. The highest BCUT2D eigenvalue weighted by Crippen LogP contribution is 2.33. The minimum Gasteiger partial charge on any atom is -0.507 e. The summed E-state index contributed by atoms with van der Waals surface area (Å²) in [7, 11) is 1.60. The minimum absolute atomic E-state index is 0.0315. The number of phenolic OH excluding ortho intramolecular Hbond substituents is 1. The molecular weight excluding hydrogens is 370 g/mol. The van der Waals surface area contributed by atoms with Gasteiger partial charge in [0.15, 0.2) is 5.69 Å². The number of hydrogen-bond acceptors (Lipinski definition) is 7. The van der Waals surface area contributed by atoms with Crippen molar-refractivity contribution in [3.8, 4) is 22.8 Å². The number of fused-ring (bicyclic) bond motifs is 1. The largest absolute Gasteiger partial charge is 0.507 e. The molecule has 0 aliphatic heterocycles. The number of aromatic nitrogens is 3. The predicted octanol–water partition coefficient (Wildman–Crippen LogP) is 3.15. The van der Waals surface area contributed by atoms with Crippen LogP contribution in [0.2, 0.25) is 0 Å². The van der Waals surface area contributed by atoms with E-state index < -0.39 is 5.56 Å². The molecule has 3 aromatic carbocycles. The highest BCUT2D eigenvalue weighted by atomic mass is 16.5. The molecule has 0 saturated carbocycles. The average molecular weight is 387 g/mol. The van der Waals surface area contributed by atoms with Crippen molar-refractivity contribution in [3.05, 3.63) is 76.6 Å². The summed E-state index contributed by atoms with van der Waals surface area (Å²) in [4.78, 5) is 15.2. The molecule has 3 N–H and O–H groups in total. The van der Waals surface area contributed by atoms with E-state index in [2.05, 4.69) is 25.7 Å². The van der Waals surface area contributed by atoms with Gasteiger partial charge in [-0.1, -0.05) is 30.3 Å². The van der Waals surface area contributed by atoms with Gasteiger partial charge >= 0.3 is 0 Å². The Morgan fingerprint density at radius 1 is 1.07 bits per heavy atom. The van der Waals surface area contributed by atoms with Crippen molar-refractivity contribution in [1.29, 1.82) is 0 Å². The van der Waals surface area contributed by atoms with E-state index in [4.69, 9.17) is 4.74 Å². The van der Waals surface area contributed by atoms with Gasteiger partial charge in [-0.25, -0.2) is 5.43 Å². The van der Waals surface area contributed by atoms with Crippen LogP contribution in [0.25, 0.3) is 22.0 Å². The zero-order chi connectivity index (χ0) is 20.2. The lowest BCUT2D eigenvalue weighted by Crippen LogP contribution is -2.15. The number of nitrogens with zero attached hydrogens (tertiary/aromatic N) is 3. The lowest BCUT2D eigenvalue weighted by molar-refractivity contribution is 0.415. The molecule has 0 atom stereocenters. The van der Waals surface area contributed by atoms with Crippen LogP contribution in [0.15, 0.2) is 70.6 Å². The molecule has 0 bridgehead atoms. The van der Waals surface area contributed by atoms with Gasteiger partial charge in [0.05, 0.1) is 18.9 Å². The van der Waals surface area contributed by atoms with Gasteiger partial charge in [-0.3, -0.25) is 9.78 Å². The van der Waals surface area contributed by atoms with Crippen LogP contribution in [0.4, 0.5) is 5.95 Å². The van der Waals surface area contributed by atoms with Crippen molar-refractivity contribution in [3.63, 3.8) is 0 Å². The molecule has 8 heteroatoms. The minimum atomic E-state index is -0.492. The molecular formula is C21H17N5O3. The van der Waals surface area contributed by atoms with Crippen LogP contribution in [-0.2, 0) is 0 Å². The van der Waals surface area contributed by atoms with E-state index in [1.807, 2.05) is 48.5 Å². The van der Waals surface area contributed by atoms with Crippen LogP contribution in [0.1, 0.15) is 5.56 Å². The van der Waals surface area contributed by atoms with E-state index in [0.29, 0.717) is 10.9 Å². The Balaban J connectivity index is 1.60. The van der Waals surface area contributed by atoms with Gasteiger partial charge in [0.1, 0.15) is 11.5 Å². The number of methoxy groups -OCH3 is 1. The predicted molar refractivity (Wildman–Crippen MR) is 111 cm³/mol. The zero-order valence-corrected chi connectivity index (χ0v) is 15.5. The molecule has 1 aromatic heterocycles. The molecule has 8 nitrogen and oxygen atoms in total. The van der Waals surface area contributed by atoms with Gasteiger partial charge in [0, 0.05) is 0 Å². The van der Waals surface area contributed by atoms with Crippen molar-refractivity contribution in [2.24, 2.45) is 5.10 Å². The molecule has 29 heavy (non-hydrogen) atoms. The lowest BCUT2D eigenvalue weighted by atomic mass is 10.0. The number of anilines is 1.